The number of aliphatic hydroxyl groups excluding tert-OH is 1. The molecule has 0 saturated heterocycles. The van der Waals surface area contributed by atoms with Crippen LogP contribution >= 0.6 is 0 Å². The third kappa shape index (κ3) is 3.64. The van der Waals surface area contributed by atoms with Crippen LogP contribution in [-0.4, -0.2) is 23.2 Å². The van der Waals surface area contributed by atoms with Gasteiger partial charge < -0.3 is 20.3 Å². The van der Waals surface area contributed by atoms with E-state index >= 15 is 0 Å². The van der Waals surface area contributed by atoms with E-state index in [0.717, 1.165) is 5.56 Å². The maximum atomic E-state index is 10.5. The third-order valence-corrected chi connectivity index (χ3v) is 2.49. The van der Waals surface area contributed by atoms with Crippen LogP contribution in [0, 0.1) is 0 Å². The van der Waals surface area contributed by atoms with Crippen molar-refractivity contribution >= 4 is 5.97 Å². The molecular weight excluding hydrogens is 206 g/mol. The van der Waals surface area contributed by atoms with Crippen LogP contribution in [0.3, 0.4) is 0 Å². The first-order valence-electron chi connectivity index (χ1n) is 5.20. The van der Waals surface area contributed by atoms with E-state index in [9.17, 15) is 9.90 Å². The topological polar surface area (TPSA) is 77.0 Å². The van der Waals surface area contributed by atoms with Crippen LogP contribution in [0.2, 0.25) is 0 Å². The van der Waals surface area contributed by atoms with Crippen molar-refractivity contribution in [2.45, 2.75) is 25.9 Å². The molecule has 0 amide bonds. The summed E-state index contributed by atoms with van der Waals surface area (Å²) >= 11 is 0. The second-order valence-corrected chi connectivity index (χ2v) is 4.54. The van der Waals surface area contributed by atoms with Crippen LogP contribution in [0.15, 0.2) is 24.3 Å². The molecule has 0 heterocycles. The van der Waals surface area contributed by atoms with E-state index in [1.54, 1.807) is 12.1 Å². The Hall–Kier alpha value is -1.39. The molecule has 0 saturated carbocycles. The molecule has 0 aliphatic heterocycles. The minimum atomic E-state index is -1.16. The highest BCUT2D eigenvalue weighted by Crippen LogP contribution is 2.02. The number of rotatable bonds is 5. The van der Waals surface area contributed by atoms with Crippen LogP contribution in [0.5, 0.6) is 0 Å². The van der Waals surface area contributed by atoms with Crippen LogP contribution in [0.25, 0.3) is 0 Å². The lowest BCUT2D eigenvalue weighted by Crippen LogP contribution is -2.95. The zero-order chi connectivity index (χ0) is 12.2. The molecule has 0 unspecified atom stereocenters. The number of nitrogens with two attached hydrogens (primary N) is 1. The van der Waals surface area contributed by atoms with E-state index in [1.807, 2.05) is 19.2 Å². The van der Waals surface area contributed by atoms with Crippen LogP contribution in [0.1, 0.15) is 29.8 Å². The normalized spacial score (nSPS) is 11.4. The van der Waals surface area contributed by atoms with Crippen molar-refractivity contribution in [1.29, 1.82) is 0 Å². The number of carboxylic acids is 1. The standard InChI is InChI=1S/C12H17NO3/c1-12(2,8-14)13-7-9-3-5-10(6-4-9)11(15)16/h3-6,13-14H,7-8H2,1-2H3,(H,15,16). The fourth-order valence-corrected chi connectivity index (χ4v) is 1.24. The van der Waals surface area contributed by atoms with Crippen molar-refractivity contribution in [3.8, 4) is 0 Å². The summed E-state index contributed by atoms with van der Waals surface area (Å²) < 4.78 is 0. The number of carbonyl (C=O) groups excluding carboxylic acids is 1. The number of aliphatic hydroxyl groups is 1. The monoisotopic (exact) mass is 223 g/mol. The van der Waals surface area contributed by atoms with Crippen molar-refractivity contribution in [3.63, 3.8) is 0 Å². The maximum absolute atomic E-state index is 10.5. The Bertz CT molecular complexity index is 357. The first kappa shape index (κ1) is 12.7. The Morgan fingerprint density at radius 1 is 1.38 bits per heavy atom. The number of hydrogen-bond acceptors (Lipinski definition) is 3. The van der Waals surface area contributed by atoms with Gasteiger partial charge in [0.2, 0.25) is 0 Å². The molecule has 1 aromatic rings. The Morgan fingerprint density at radius 2 is 1.94 bits per heavy atom. The average Bonchev–Trinajstić information content (AvgIpc) is 2.27. The molecule has 0 bridgehead atoms. The summed E-state index contributed by atoms with van der Waals surface area (Å²) in [6, 6.07) is 6.58. The summed E-state index contributed by atoms with van der Waals surface area (Å²) in [4.78, 5) is 10.5. The highest BCUT2D eigenvalue weighted by atomic mass is 16.4. The highest BCUT2D eigenvalue weighted by Gasteiger charge is 2.19. The van der Waals surface area contributed by atoms with Gasteiger partial charge in [-0.15, -0.1) is 0 Å². The number of quaternary nitrogens is 1. The predicted molar refractivity (Wildman–Crippen MR) is 57.6 cm³/mol. The lowest BCUT2D eigenvalue weighted by atomic mass is 10.1. The molecule has 3 N–H and O–H groups in total. The van der Waals surface area contributed by atoms with Gasteiger partial charge >= 0.3 is 0 Å². The van der Waals surface area contributed by atoms with Gasteiger partial charge in [-0.25, -0.2) is 0 Å². The summed E-state index contributed by atoms with van der Waals surface area (Å²) in [5.74, 6) is -1.16. The van der Waals surface area contributed by atoms with Crippen LogP contribution in [0.4, 0.5) is 0 Å². The Balaban J connectivity index is 2.59. The molecule has 1 rings (SSSR count). The summed E-state index contributed by atoms with van der Waals surface area (Å²) in [5.41, 5.74) is 0.990. The fraction of sp³-hybridized carbons (Fsp3) is 0.417. The summed E-state index contributed by atoms with van der Waals surface area (Å²) in [7, 11) is 0. The van der Waals surface area contributed by atoms with Crippen molar-refractivity contribution in [2.75, 3.05) is 6.61 Å². The first-order chi connectivity index (χ1) is 7.44. The number of hydrogen-bond donors (Lipinski definition) is 2. The SMILES string of the molecule is CC(C)(CO)[NH2+]Cc1ccc(C(=O)[O-])cc1. The van der Waals surface area contributed by atoms with Gasteiger partial charge in [0.15, 0.2) is 0 Å². The van der Waals surface area contributed by atoms with Crippen molar-refractivity contribution in [2.24, 2.45) is 0 Å². The van der Waals surface area contributed by atoms with E-state index in [2.05, 4.69) is 0 Å². The van der Waals surface area contributed by atoms with Gasteiger partial charge in [-0.05, 0) is 19.4 Å². The number of benzene rings is 1. The minimum absolute atomic E-state index is 0.101. The molecular formula is C12H17NO3. The molecule has 88 valence electrons. The van der Waals surface area contributed by atoms with E-state index < -0.39 is 5.97 Å². The maximum Gasteiger partial charge on any atom is 0.114 e. The Morgan fingerprint density at radius 3 is 2.38 bits per heavy atom. The Labute approximate surface area is 94.9 Å². The average molecular weight is 223 g/mol. The molecule has 4 nitrogen and oxygen atoms in total. The first-order valence-corrected chi connectivity index (χ1v) is 5.20. The number of carboxylic acid groups (broad SMARTS) is 1. The molecule has 0 radical (unpaired) electrons. The molecule has 0 fully saturated rings. The summed E-state index contributed by atoms with van der Waals surface area (Å²) in [6.07, 6.45) is 0. The summed E-state index contributed by atoms with van der Waals surface area (Å²) in [5, 5.41) is 21.6. The zero-order valence-electron chi connectivity index (χ0n) is 9.56. The van der Waals surface area contributed by atoms with Crippen LogP contribution < -0.4 is 10.4 Å². The molecule has 4 heteroatoms. The van der Waals surface area contributed by atoms with Gasteiger partial charge in [-0.2, -0.15) is 0 Å². The molecule has 0 aliphatic rings. The van der Waals surface area contributed by atoms with Crippen molar-refractivity contribution in [3.05, 3.63) is 35.4 Å². The predicted octanol–water partition coefficient (Wildman–Crippen LogP) is -1.12. The van der Waals surface area contributed by atoms with E-state index in [-0.39, 0.29) is 17.7 Å². The van der Waals surface area contributed by atoms with E-state index in [0.29, 0.717) is 6.54 Å². The summed E-state index contributed by atoms with van der Waals surface area (Å²) in [6.45, 7) is 4.70. The molecule has 0 spiro atoms. The van der Waals surface area contributed by atoms with Gasteiger partial charge in [-0.3, -0.25) is 0 Å². The largest absolute Gasteiger partial charge is 0.545 e. The third-order valence-electron chi connectivity index (χ3n) is 2.49. The van der Waals surface area contributed by atoms with E-state index in [4.69, 9.17) is 5.11 Å². The fourth-order valence-electron chi connectivity index (χ4n) is 1.24. The second kappa shape index (κ2) is 5.09. The van der Waals surface area contributed by atoms with Crippen molar-refractivity contribution < 1.29 is 20.3 Å². The van der Waals surface area contributed by atoms with Gasteiger partial charge in [0, 0.05) is 5.56 Å². The smallest absolute Gasteiger partial charge is 0.114 e. The number of aromatic carboxylic acids is 1. The second-order valence-electron chi connectivity index (χ2n) is 4.54. The van der Waals surface area contributed by atoms with Crippen molar-refractivity contribution in [1.82, 2.24) is 0 Å². The van der Waals surface area contributed by atoms with Crippen LogP contribution in [-0.2, 0) is 6.54 Å². The van der Waals surface area contributed by atoms with E-state index in [1.165, 1.54) is 12.1 Å². The number of carbonyl (C=O) groups is 1. The Kier molecular flexibility index (Phi) is 4.04. The molecule has 0 aromatic heterocycles. The highest BCUT2D eigenvalue weighted by molar-refractivity contribution is 5.85. The minimum Gasteiger partial charge on any atom is -0.545 e. The molecule has 0 aliphatic carbocycles. The molecule has 1 aromatic carbocycles. The van der Waals surface area contributed by atoms with Gasteiger partial charge in [0.1, 0.15) is 12.1 Å². The lowest BCUT2D eigenvalue weighted by Gasteiger charge is -2.19. The zero-order valence-corrected chi connectivity index (χ0v) is 9.56. The molecule has 0 atom stereocenters. The molecule has 16 heavy (non-hydrogen) atoms. The van der Waals surface area contributed by atoms with Gasteiger partial charge in [0.05, 0.1) is 12.6 Å². The quantitative estimate of drug-likeness (QED) is 0.664. The van der Waals surface area contributed by atoms with Gasteiger partial charge in [-0.1, -0.05) is 24.3 Å². The van der Waals surface area contributed by atoms with Gasteiger partial charge in [0.25, 0.3) is 0 Å². The lowest BCUT2D eigenvalue weighted by molar-refractivity contribution is -0.736.